The molecule has 0 aromatic carbocycles. The summed E-state index contributed by atoms with van der Waals surface area (Å²) < 4.78 is 40.9. The lowest BCUT2D eigenvalue weighted by Gasteiger charge is -2.29. The Morgan fingerprint density at radius 2 is 2.00 bits per heavy atom. The Balaban J connectivity index is 1.50. The van der Waals surface area contributed by atoms with Gasteiger partial charge in [-0.25, -0.2) is 9.97 Å². The molecule has 4 rings (SSSR count). The predicted octanol–water partition coefficient (Wildman–Crippen LogP) is 2.78. The number of halogens is 3. The molecule has 9 heteroatoms. The van der Waals surface area contributed by atoms with Crippen molar-refractivity contribution >= 4 is 5.95 Å². The summed E-state index contributed by atoms with van der Waals surface area (Å²) in [7, 11) is 1.91. The number of hydrogen-bond donors (Lipinski definition) is 0. The van der Waals surface area contributed by atoms with E-state index in [0.717, 1.165) is 50.7 Å². The van der Waals surface area contributed by atoms with Crippen molar-refractivity contribution in [3.05, 3.63) is 35.4 Å². The summed E-state index contributed by atoms with van der Waals surface area (Å²) in [6.45, 7) is 4.50. The number of alkyl halides is 3. The van der Waals surface area contributed by atoms with Gasteiger partial charge in [-0.15, -0.1) is 0 Å². The molecule has 2 aliphatic rings. The van der Waals surface area contributed by atoms with Crippen molar-refractivity contribution in [3.8, 4) is 0 Å². The van der Waals surface area contributed by atoms with Crippen molar-refractivity contribution in [2.45, 2.75) is 51.0 Å². The quantitative estimate of drug-likeness (QED) is 0.798. The van der Waals surface area contributed by atoms with Crippen LogP contribution in [0.2, 0.25) is 0 Å². The lowest BCUT2D eigenvalue weighted by atomic mass is 10.2. The normalized spacial score (nSPS) is 21.0. The fourth-order valence-corrected chi connectivity index (χ4v) is 3.84. The van der Waals surface area contributed by atoms with Gasteiger partial charge in [-0.05, 0) is 32.3 Å². The Labute approximate surface area is 156 Å². The van der Waals surface area contributed by atoms with E-state index in [1.165, 1.54) is 11.8 Å². The molecular weight excluding hydrogens is 357 g/mol. The first-order valence-electron chi connectivity index (χ1n) is 9.21. The Hall–Kier alpha value is -2.16. The number of rotatable bonds is 5. The highest BCUT2D eigenvalue weighted by atomic mass is 19.4. The molecule has 3 heterocycles. The molecule has 1 unspecified atom stereocenters. The summed E-state index contributed by atoms with van der Waals surface area (Å²) in [5, 5.41) is 4.38. The van der Waals surface area contributed by atoms with Crippen LogP contribution in [0.5, 0.6) is 0 Å². The van der Waals surface area contributed by atoms with Crippen LogP contribution in [0, 0.1) is 6.92 Å². The molecular formula is C18H23F3N6. The van der Waals surface area contributed by atoms with Gasteiger partial charge in [-0.1, -0.05) is 0 Å². The van der Waals surface area contributed by atoms with Gasteiger partial charge in [0.25, 0.3) is 0 Å². The summed E-state index contributed by atoms with van der Waals surface area (Å²) in [6.07, 6.45) is 1.65. The van der Waals surface area contributed by atoms with Crippen molar-refractivity contribution in [2.24, 2.45) is 7.05 Å². The predicted molar refractivity (Wildman–Crippen MR) is 94.2 cm³/mol. The molecule has 27 heavy (non-hydrogen) atoms. The Morgan fingerprint density at radius 1 is 1.22 bits per heavy atom. The number of hydrogen-bond acceptors (Lipinski definition) is 5. The van der Waals surface area contributed by atoms with E-state index in [2.05, 4.69) is 20.0 Å². The maximum atomic E-state index is 13.0. The lowest BCUT2D eigenvalue weighted by molar-refractivity contribution is -0.141. The topological polar surface area (TPSA) is 50.1 Å². The molecule has 0 spiro atoms. The molecule has 1 atom stereocenters. The fraction of sp³-hybridized carbons (Fsp3) is 0.611. The van der Waals surface area contributed by atoms with E-state index in [-0.39, 0.29) is 18.0 Å². The summed E-state index contributed by atoms with van der Waals surface area (Å²) in [4.78, 5) is 12.4. The van der Waals surface area contributed by atoms with Gasteiger partial charge in [0.05, 0.1) is 5.69 Å². The minimum atomic E-state index is -4.45. The van der Waals surface area contributed by atoms with Crippen molar-refractivity contribution < 1.29 is 13.2 Å². The van der Waals surface area contributed by atoms with E-state index in [4.69, 9.17) is 0 Å². The molecule has 0 N–H and O–H groups in total. The van der Waals surface area contributed by atoms with Crippen LogP contribution in [0.1, 0.15) is 36.2 Å². The lowest BCUT2D eigenvalue weighted by Crippen LogP contribution is -2.40. The van der Waals surface area contributed by atoms with E-state index in [1.54, 1.807) is 0 Å². The Kier molecular flexibility index (Phi) is 4.57. The molecule has 146 valence electrons. The molecule has 0 radical (unpaired) electrons. The molecule has 1 saturated heterocycles. The number of anilines is 1. The third-order valence-corrected chi connectivity index (χ3v) is 5.25. The van der Waals surface area contributed by atoms with Gasteiger partial charge in [0, 0.05) is 56.7 Å². The van der Waals surface area contributed by atoms with Gasteiger partial charge >= 0.3 is 6.18 Å². The Morgan fingerprint density at radius 3 is 2.63 bits per heavy atom. The maximum absolute atomic E-state index is 13.0. The number of aryl methyl sites for hydroxylation is 2. The smallest absolute Gasteiger partial charge is 0.334 e. The van der Waals surface area contributed by atoms with E-state index in [9.17, 15) is 13.2 Å². The molecule has 0 bridgehead atoms. The summed E-state index contributed by atoms with van der Waals surface area (Å²) in [5.41, 5.74) is 1.33. The van der Waals surface area contributed by atoms with Gasteiger partial charge in [-0.3, -0.25) is 9.58 Å². The highest BCUT2D eigenvalue weighted by Gasteiger charge is 2.40. The average molecular weight is 380 g/mol. The number of aromatic nitrogens is 4. The number of nitrogens with zero attached hydrogens (tertiary/aromatic N) is 6. The van der Waals surface area contributed by atoms with Gasteiger partial charge in [0.1, 0.15) is 5.69 Å². The first-order valence-corrected chi connectivity index (χ1v) is 9.21. The van der Waals surface area contributed by atoms with Gasteiger partial charge in [0.2, 0.25) is 5.95 Å². The van der Waals surface area contributed by atoms with E-state index in [0.29, 0.717) is 0 Å². The second kappa shape index (κ2) is 6.78. The van der Waals surface area contributed by atoms with Crippen LogP contribution >= 0.6 is 0 Å². The molecule has 1 aliphatic heterocycles. The minimum Gasteiger partial charge on any atom is -0.334 e. The standard InChI is InChI=1S/C18H23F3N6/c1-12-13(9-25(2)24-12)10-26-8-6-15(11-26)27(14-3-4-14)17-22-7-5-16(23-17)18(19,20)21/h5,7,9,14-15H,3-4,6,8,10-11H2,1-2H3. The molecule has 2 aromatic heterocycles. The summed E-state index contributed by atoms with van der Waals surface area (Å²) in [5.74, 6) is 0.205. The van der Waals surface area contributed by atoms with Crippen LogP contribution in [0.3, 0.4) is 0 Å². The number of likely N-dealkylation sites (tertiary alicyclic amines) is 1. The van der Waals surface area contributed by atoms with Crippen LogP contribution in [-0.2, 0) is 19.8 Å². The molecule has 2 fully saturated rings. The fourth-order valence-electron chi connectivity index (χ4n) is 3.84. The molecule has 2 aromatic rings. The summed E-state index contributed by atoms with van der Waals surface area (Å²) in [6, 6.07) is 1.32. The highest BCUT2D eigenvalue weighted by molar-refractivity contribution is 5.37. The zero-order chi connectivity index (χ0) is 19.2. The van der Waals surface area contributed by atoms with E-state index in [1.807, 2.05) is 29.7 Å². The SMILES string of the molecule is Cc1nn(C)cc1CN1CCC(N(c2nccc(C(F)(F)F)n2)C2CC2)C1. The van der Waals surface area contributed by atoms with Crippen LogP contribution < -0.4 is 4.90 Å². The maximum Gasteiger partial charge on any atom is 0.433 e. The first kappa shape index (κ1) is 18.2. The van der Waals surface area contributed by atoms with Gasteiger partial charge in [0.15, 0.2) is 0 Å². The second-order valence-corrected chi connectivity index (χ2v) is 7.47. The molecule has 6 nitrogen and oxygen atoms in total. The third kappa shape index (κ3) is 3.92. The monoisotopic (exact) mass is 380 g/mol. The highest BCUT2D eigenvalue weighted by Crippen LogP contribution is 2.36. The Bertz CT molecular complexity index is 814. The second-order valence-electron chi connectivity index (χ2n) is 7.47. The van der Waals surface area contributed by atoms with Crippen molar-refractivity contribution in [1.29, 1.82) is 0 Å². The van der Waals surface area contributed by atoms with Crippen LogP contribution in [0.15, 0.2) is 18.5 Å². The third-order valence-electron chi connectivity index (χ3n) is 5.25. The molecule has 1 saturated carbocycles. The molecule has 1 aliphatic carbocycles. The van der Waals surface area contributed by atoms with Gasteiger partial charge in [-0.2, -0.15) is 18.3 Å². The van der Waals surface area contributed by atoms with E-state index < -0.39 is 11.9 Å². The average Bonchev–Trinajstić information content (AvgIpc) is 3.24. The zero-order valence-electron chi connectivity index (χ0n) is 15.4. The first-order chi connectivity index (χ1) is 12.8. The van der Waals surface area contributed by atoms with Crippen molar-refractivity contribution in [3.63, 3.8) is 0 Å². The van der Waals surface area contributed by atoms with Crippen LogP contribution in [0.4, 0.5) is 19.1 Å². The van der Waals surface area contributed by atoms with E-state index >= 15 is 0 Å². The zero-order valence-corrected chi connectivity index (χ0v) is 15.4. The summed E-state index contributed by atoms with van der Waals surface area (Å²) >= 11 is 0. The minimum absolute atomic E-state index is 0.137. The van der Waals surface area contributed by atoms with Crippen molar-refractivity contribution in [1.82, 2.24) is 24.6 Å². The van der Waals surface area contributed by atoms with Crippen molar-refractivity contribution in [2.75, 3.05) is 18.0 Å². The molecule has 0 amide bonds. The van der Waals surface area contributed by atoms with Gasteiger partial charge < -0.3 is 4.90 Å². The largest absolute Gasteiger partial charge is 0.433 e. The van der Waals surface area contributed by atoms with Crippen LogP contribution in [0.25, 0.3) is 0 Å². The van der Waals surface area contributed by atoms with Crippen LogP contribution in [-0.4, -0.2) is 49.8 Å².